The maximum absolute atomic E-state index is 14.6. The van der Waals surface area contributed by atoms with Gasteiger partial charge in [-0.2, -0.15) is 5.26 Å². The van der Waals surface area contributed by atoms with Crippen molar-refractivity contribution in [3.8, 4) is 34.4 Å². The molecule has 0 aliphatic rings. The SMILES string of the molecule is COc1cc(-c2c(C(C)(C)CC#N)n(-c3ccc(C(=O)O)cc3)c3c(O)c(F)ccc23)ccc1F. The van der Waals surface area contributed by atoms with E-state index >= 15 is 0 Å². The van der Waals surface area contributed by atoms with E-state index in [9.17, 15) is 29.1 Å². The Morgan fingerprint density at radius 3 is 2.34 bits per heavy atom. The first-order chi connectivity index (χ1) is 16.6. The number of carboxylic acids is 1. The van der Waals surface area contributed by atoms with E-state index in [2.05, 4.69) is 6.07 Å². The van der Waals surface area contributed by atoms with E-state index in [0.717, 1.165) is 6.07 Å². The molecule has 35 heavy (non-hydrogen) atoms. The molecule has 0 atom stereocenters. The van der Waals surface area contributed by atoms with Crippen molar-refractivity contribution in [2.75, 3.05) is 7.11 Å². The van der Waals surface area contributed by atoms with E-state index in [1.54, 1.807) is 22.8 Å². The molecule has 1 aromatic heterocycles. The number of rotatable bonds is 6. The third kappa shape index (κ3) is 3.95. The number of hydrogen-bond acceptors (Lipinski definition) is 4. The zero-order valence-corrected chi connectivity index (χ0v) is 19.3. The highest BCUT2D eigenvalue weighted by Gasteiger charge is 2.33. The number of carbonyl (C=O) groups is 1. The lowest BCUT2D eigenvalue weighted by molar-refractivity contribution is 0.0697. The van der Waals surface area contributed by atoms with Crippen molar-refractivity contribution in [1.29, 1.82) is 5.26 Å². The summed E-state index contributed by atoms with van der Waals surface area (Å²) < 4.78 is 35.6. The van der Waals surface area contributed by atoms with E-state index in [4.69, 9.17) is 4.74 Å². The van der Waals surface area contributed by atoms with Gasteiger partial charge in [-0.15, -0.1) is 0 Å². The zero-order chi connectivity index (χ0) is 25.5. The predicted octanol–water partition coefficient (Wildman–Crippen LogP) is 6.18. The van der Waals surface area contributed by atoms with Crippen LogP contribution in [0, 0.1) is 23.0 Å². The first kappa shape index (κ1) is 23.8. The minimum Gasteiger partial charge on any atom is -0.503 e. The molecule has 0 aliphatic heterocycles. The molecule has 0 saturated heterocycles. The molecule has 0 saturated carbocycles. The Morgan fingerprint density at radius 2 is 1.74 bits per heavy atom. The van der Waals surface area contributed by atoms with Crippen LogP contribution in [0.4, 0.5) is 8.78 Å². The number of methoxy groups -OCH3 is 1. The van der Waals surface area contributed by atoms with Crippen molar-refractivity contribution in [2.24, 2.45) is 0 Å². The zero-order valence-electron chi connectivity index (χ0n) is 19.3. The third-order valence-corrected chi connectivity index (χ3v) is 6.03. The van der Waals surface area contributed by atoms with Crippen molar-refractivity contribution in [2.45, 2.75) is 25.7 Å². The number of fused-ring (bicyclic) bond motifs is 1. The average Bonchev–Trinajstić information content (AvgIpc) is 3.18. The summed E-state index contributed by atoms with van der Waals surface area (Å²) in [4.78, 5) is 11.4. The molecule has 4 rings (SSSR count). The summed E-state index contributed by atoms with van der Waals surface area (Å²) in [6.45, 7) is 3.68. The summed E-state index contributed by atoms with van der Waals surface area (Å²) in [5, 5.41) is 30.2. The second-order valence-electron chi connectivity index (χ2n) is 8.77. The maximum Gasteiger partial charge on any atom is 0.335 e. The molecule has 3 aromatic carbocycles. The smallest absolute Gasteiger partial charge is 0.335 e. The van der Waals surface area contributed by atoms with Crippen LogP contribution >= 0.6 is 0 Å². The number of nitriles is 1. The minimum atomic E-state index is -1.10. The van der Waals surface area contributed by atoms with E-state index in [1.807, 2.05) is 13.8 Å². The summed E-state index contributed by atoms with van der Waals surface area (Å²) in [5.41, 5.74) is 1.51. The van der Waals surface area contributed by atoms with Crippen LogP contribution in [0.1, 0.15) is 36.3 Å². The van der Waals surface area contributed by atoms with Gasteiger partial charge < -0.3 is 19.5 Å². The van der Waals surface area contributed by atoms with Crippen LogP contribution in [-0.2, 0) is 5.41 Å². The number of ether oxygens (including phenoxy) is 1. The Hall–Kier alpha value is -4.38. The molecule has 178 valence electrons. The van der Waals surface area contributed by atoms with Crippen molar-refractivity contribution < 1.29 is 28.5 Å². The summed E-state index contributed by atoms with van der Waals surface area (Å²) in [5.74, 6) is -3.10. The summed E-state index contributed by atoms with van der Waals surface area (Å²) in [6, 6.07) is 15.1. The van der Waals surface area contributed by atoms with Gasteiger partial charge in [-0.05, 0) is 54.1 Å². The average molecular weight is 476 g/mol. The fraction of sp³-hybridized carbons (Fsp3) is 0.185. The van der Waals surface area contributed by atoms with Gasteiger partial charge in [0.05, 0.1) is 24.3 Å². The number of aromatic hydroxyl groups is 1. The molecule has 0 fully saturated rings. The molecular weight excluding hydrogens is 454 g/mol. The van der Waals surface area contributed by atoms with Crippen LogP contribution in [0.2, 0.25) is 0 Å². The predicted molar refractivity (Wildman–Crippen MR) is 127 cm³/mol. The van der Waals surface area contributed by atoms with E-state index in [-0.39, 0.29) is 23.3 Å². The van der Waals surface area contributed by atoms with Crippen molar-refractivity contribution in [1.82, 2.24) is 4.57 Å². The van der Waals surface area contributed by atoms with E-state index in [1.165, 1.54) is 37.4 Å². The van der Waals surface area contributed by atoms with Crippen LogP contribution in [0.3, 0.4) is 0 Å². The molecule has 0 bridgehead atoms. The number of nitrogens with zero attached hydrogens (tertiary/aromatic N) is 2. The Morgan fingerprint density at radius 1 is 1.09 bits per heavy atom. The second-order valence-corrected chi connectivity index (χ2v) is 8.77. The molecule has 6 nitrogen and oxygen atoms in total. The standard InChI is InChI=1S/C27H22F2N2O4/c1-27(2,12-13-30)25-22(16-6-10-19(28)21(14-16)35-3)18-9-11-20(29)24(32)23(18)31(25)17-7-4-15(5-8-17)26(33)34/h4-11,14,32H,12H2,1-3H3,(H,33,34). The van der Waals surface area contributed by atoms with Crippen molar-refractivity contribution >= 4 is 16.9 Å². The third-order valence-electron chi connectivity index (χ3n) is 6.03. The highest BCUT2D eigenvalue weighted by Crippen LogP contribution is 2.47. The molecular formula is C27H22F2N2O4. The number of phenols is 1. The lowest BCUT2D eigenvalue weighted by atomic mass is 9.82. The molecule has 1 heterocycles. The molecule has 4 aromatic rings. The molecule has 2 N–H and O–H groups in total. The van der Waals surface area contributed by atoms with Gasteiger partial charge in [0.25, 0.3) is 0 Å². The Balaban J connectivity index is 2.20. The fourth-order valence-corrected chi connectivity index (χ4v) is 4.38. The van der Waals surface area contributed by atoms with Crippen LogP contribution in [0.15, 0.2) is 54.6 Å². The number of aromatic carboxylic acids is 1. The first-order valence-electron chi connectivity index (χ1n) is 10.7. The van der Waals surface area contributed by atoms with Gasteiger partial charge in [-0.25, -0.2) is 13.6 Å². The van der Waals surface area contributed by atoms with Crippen LogP contribution in [0.25, 0.3) is 27.7 Å². The lowest BCUT2D eigenvalue weighted by Gasteiger charge is -2.27. The normalized spacial score (nSPS) is 11.4. The lowest BCUT2D eigenvalue weighted by Crippen LogP contribution is -2.22. The van der Waals surface area contributed by atoms with Gasteiger partial charge in [-0.1, -0.05) is 19.9 Å². The molecule has 0 aliphatic carbocycles. The number of benzene rings is 3. The Kier molecular flexibility index (Phi) is 5.95. The summed E-state index contributed by atoms with van der Waals surface area (Å²) >= 11 is 0. The quantitative estimate of drug-likeness (QED) is 0.347. The first-order valence-corrected chi connectivity index (χ1v) is 10.7. The van der Waals surface area contributed by atoms with Crippen molar-refractivity contribution in [3.63, 3.8) is 0 Å². The van der Waals surface area contributed by atoms with Gasteiger partial charge in [-0.3, -0.25) is 0 Å². The number of halogens is 2. The van der Waals surface area contributed by atoms with Crippen LogP contribution in [0.5, 0.6) is 11.5 Å². The number of phenolic OH excluding ortho intramolecular Hbond substituents is 1. The topological polar surface area (TPSA) is 95.5 Å². The number of hydrogen-bond donors (Lipinski definition) is 2. The molecule has 0 spiro atoms. The van der Waals surface area contributed by atoms with Gasteiger partial charge in [0.15, 0.2) is 23.1 Å². The van der Waals surface area contributed by atoms with E-state index < -0.39 is 28.8 Å². The van der Waals surface area contributed by atoms with Crippen molar-refractivity contribution in [3.05, 3.63) is 77.5 Å². The monoisotopic (exact) mass is 476 g/mol. The summed E-state index contributed by atoms with van der Waals surface area (Å²) in [6.07, 6.45) is 0.0745. The van der Waals surface area contributed by atoms with Gasteiger partial charge >= 0.3 is 5.97 Å². The molecule has 0 unspecified atom stereocenters. The summed E-state index contributed by atoms with van der Waals surface area (Å²) in [7, 11) is 1.34. The fourth-order valence-electron chi connectivity index (χ4n) is 4.38. The van der Waals surface area contributed by atoms with E-state index in [0.29, 0.717) is 27.9 Å². The molecule has 0 amide bonds. The van der Waals surface area contributed by atoms with Crippen LogP contribution < -0.4 is 4.74 Å². The highest BCUT2D eigenvalue weighted by molar-refractivity contribution is 6.03. The van der Waals surface area contributed by atoms with Crippen LogP contribution in [-0.4, -0.2) is 27.9 Å². The van der Waals surface area contributed by atoms with Gasteiger partial charge in [0.1, 0.15) is 0 Å². The molecule has 8 heteroatoms. The highest BCUT2D eigenvalue weighted by atomic mass is 19.1. The number of aromatic nitrogens is 1. The maximum atomic E-state index is 14.6. The minimum absolute atomic E-state index is 0.00424. The largest absolute Gasteiger partial charge is 0.503 e. The second kappa shape index (κ2) is 8.76. The van der Waals surface area contributed by atoms with Gasteiger partial charge in [0.2, 0.25) is 0 Å². The Bertz CT molecular complexity index is 1500. The number of carboxylic acid groups (broad SMARTS) is 1. The molecule has 0 radical (unpaired) electrons. The van der Waals surface area contributed by atoms with Gasteiger partial charge in [0, 0.05) is 34.2 Å². The Labute approximate surface area is 200 Å².